The third kappa shape index (κ3) is 2.18. The monoisotopic (exact) mass is 284 g/mol. The zero-order valence-corrected chi connectivity index (χ0v) is 10.5. The lowest BCUT2D eigenvalue weighted by atomic mass is 10.1. The molecule has 3 rings (SSSR count). The minimum absolute atomic E-state index is 0.0637. The maximum Gasteiger partial charge on any atom is 0.336 e. The van der Waals surface area contributed by atoms with Gasteiger partial charge in [-0.2, -0.15) is 5.10 Å². The molecule has 0 saturated carbocycles. The van der Waals surface area contributed by atoms with Gasteiger partial charge in [0.1, 0.15) is 12.4 Å². The van der Waals surface area contributed by atoms with Crippen molar-refractivity contribution in [3.63, 3.8) is 0 Å². The molecular formula is C13H8N4O4. The minimum Gasteiger partial charge on any atom is -0.478 e. The van der Waals surface area contributed by atoms with E-state index in [1.165, 1.54) is 16.9 Å². The van der Waals surface area contributed by atoms with Gasteiger partial charge in [-0.1, -0.05) is 18.2 Å². The summed E-state index contributed by atoms with van der Waals surface area (Å²) in [6, 6.07) is 8.11. The molecule has 0 aliphatic carbocycles. The highest BCUT2D eigenvalue weighted by Crippen LogP contribution is 2.21. The van der Waals surface area contributed by atoms with E-state index in [1.807, 2.05) is 0 Å². The number of nitro groups is 1. The molecule has 0 bridgehead atoms. The topological polar surface area (TPSA) is 111 Å². The molecule has 0 atom stereocenters. The summed E-state index contributed by atoms with van der Waals surface area (Å²) in [5.74, 6) is -0.893. The summed E-state index contributed by atoms with van der Waals surface area (Å²) in [7, 11) is 0. The molecule has 8 nitrogen and oxygen atoms in total. The van der Waals surface area contributed by atoms with Crippen LogP contribution < -0.4 is 0 Å². The molecule has 2 heterocycles. The fraction of sp³-hybridized carbons (Fsp3) is 0. The Morgan fingerprint density at radius 3 is 2.76 bits per heavy atom. The highest BCUT2D eigenvalue weighted by Gasteiger charge is 2.15. The summed E-state index contributed by atoms with van der Waals surface area (Å²) >= 11 is 0. The van der Waals surface area contributed by atoms with Gasteiger partial charge in [-0.15, -0.1) is 0 Å². The standard InChI is InChI=1S/C13H8N4O4/c18-13(19)10-5-12(15-11-4-2-1-3-9(10)11)16-7-8(6-14-16)17(20)21/h1-7H,(H,18,19). The van der Waals surface area contributed by atoms with Crippen molar-refractivity contribution in [3.8, 4) is 5.82 Å². The van der Waals surface area contributed by atoms with E-state index in [-0.39, 0.29) is 17.1 Å². The second-order valence-corrected chi connectivity index (χ2v) is 4.25. The van der Waals surface area contributed by atoms with Gasteiger partial charge >= 0.3 is 11.7 Å². The first kappa shape index (κ1) is 12.7. The van der Waals surface area contributed by atoms with Crippen LogP contribution in [0.3, 0.4) is 0 Å². The van der Waals surface area contributed by atoms with Gasteiger partial charge in [-0.25, -0.2) is 14.5 Å². The number of para-hydroxylation sites is 1. The van der Waals surface area contributed by atoms with E-state index in [0.717, 1.165) is 6.20 Å². The number of hydrogen-bond acceptors (Lipinski definition) is 5. The Labute approximate surface area is 117 Å². The summed E-state index contributed by atoms with van der Waals surface area (Å²) < 4.78 is 1.18. The molecule has 0 aliphatic heterocycles. The number of carboxylic acid groups (broad SMARTS) is 1. The summed E-state index contributed by atoms with van der Waals surface area (Å²) in [4.78, 5) is 25.7. The molecule has 3 aromatic rings. The van der Waals surface area contributed by atoms with Crippen molar-refractivity contribution in [2.24, 2.45) is 0 Å². The van der Waals surface area contributed by atoms with Crippen LogP contribution in [0.25, 0.3) is 16.7 Å². The molecular weight excluding hydrogens is 276 g/mol. The predicted octanol–water partition coefficient (Wildman–Crippen LogP) is 2.03. The average molecular weight is 284 g/mol. The maximum atomic E-state index is 11.3. The smallest absolute Gasteiger partial charge is 0.336 e. The molecule has 0 fully saturated rings. The van der Waals surface area contributed by atoms with Crippen LogP contribution in [-0.4, -0.2) is 30.8 Å². The van der Waals surface area contributed by atoms with Crippen LogP contribution in [0.5, 0.6) is 0 Å². The van der Waals surface area contributed by atoms with E-state index in [2.05, 4.69) is 10.1 Å². The molecule has 0 radical (unpaired) electrons. The van der Waals surface area contributed by atoms with E-state index in [0.29, 0.717) is 10.9 Å². The number of aromatic nitrogens is 3. The Morgan fingerprint density at radius 2 is 2.10 bits per heavy atom. The third-order valence-electron chi connectivity index (χ3n) is 2.95. The minimum atomic E-state index is -1.10. The summed E-state index contributed by atoms with van der Waals surface area (Å²) in [5, 5.41) is 24.3. The molecule has 0 unspecified atom stereocenters. The van der Waals surface area contributed by atoms with Crippen molar-refractivity contribution < 1.29 is 14.8 Å². The summed E-state index contributed by atoms with van der Waals surface area (Å²) in [5.41, 5.74) is 0.348. The van der Waals surface area contributed by atoms with Crippen LogP contribution in [0.2, 0.25) is 0 Å². The van der Waals surface area contributed by atoms with Crippen LogP contribution in [-0.2, 0) is 0 Å². The highest BCUT2D eigenvalue weighted by molar-refractivity contribution is 6.02. The highest BCUT2D eigenvalue weighted by atomic mass is 16.6. The van der Waals surface area contributed by atoms with Crippen LogP contribution in [0.1, 0.15) is 10.4 Å². The second-order valence-electron chi connectivity index (χ2n) is 4.25. The number of aromatic carboxylic acids is 1. The number of carboxylic acids is 1. The largest absolute Gasteiger partial charge is 0.478 e. The zero-order chi connectivity index (χ0) is 15.0. The number of pyridine rings is 1. The third-order valence-corrected chi connectivity index (χ3v) is 2.95. The lowest BCUT2D eigenvalue weighted by Gasteiger charge is -2.06. The summed E-state index contributed by atoms with van der Waals surface area (Å²) in [6.07, 6.45) is 2.26. The number of fused-ring (bicyclic) bond motifs is 1. The van der Waals surface area contributed by atoms with E-state index in [1.54, 1.807) is 24.3 Å². The quantitative estimate of drug-likeness (QED) is 0.581. The molecule has 0 spiro atoms. The first-order valence-corrected chi connectivity index (χ1v) is 5.89. The lowest BCUT2D eigenvalue weighted by Crippen LogP contribution is -2.04. The van der Waals surface area contributed by atoms with Gasteiger partial charge in [0.2, 0.25) is 0 Å². The van der Waals surface area contributed by atoms with Crippen molar-refractivity contribution in [3.05, 3.63) is 58.4 Å². The molecule has 21 heavy (non-hydrogen) atoms. The molecule has 1 N–H and O–H groups in total. The normalized spacial score (nSPS) is 10.7. The average Bonchev–Trinajstić information content (AvgIpc) is 2.96. The van der Waals surface area contributed by atoms with Crippen LogP contribution in [0, 0.1) is 10.1 Å². The zero-order valence-electron chi connectivity index (χ0n) is 10.5. The van der Waals surface area contributed by atoms with Gasteiger partial charge in [0.05, 0.1) is 16.0 Å². The Hall–Kier alpha value is -3.29. The maximum absolute atomic E-state index is 11.3. The lowest BCUT2D eigenvalue weighted by molar-refractivity contribution is -0.384. The van der Waals surface area contributed by atoms with Gasteiger partial charge in [0, 0.05) is 5.39 Å². The van der Waals surface area contributed by atoms with Crippen molar-refractivity contribution in [2.45, 2.75) is 0 Å². The van der Waals surface area contributed by atoms with E-state index < -0.39 is 10.9 Å². The Balaban J connectivity index is 2.23. The molecule has 8 heteroatoms. The molecule has 104 valence electrons. The van der Waals surface area contributed by atoms with Gasteiger partial charge in [0.15, 0.2) is 5.82 Å². The molecule has 0 amide bonds. The number of carbonyl (C=O) groups is 1. The van der Waals surface area contributed by atoms with Crippen molar-refractivity contribution in [2.75, 3.05) is 0 Å². The van der Waals surface area contributed by atoms with E-state index in [4.69, 9.17) is 0 Å². The van der Waals surface area contributed by atoms with E-state index >= 15 is 0 Å². The summed E-state index contributed by atoms with van der Waals surface area (Å²) in [6.45, 7) is 0. The Kier molecular flexibility index (Phi) is 2.83. The van der Waals surface area contributed by atoms with Crippen LogP contribution >= 0.6 is 0 Å². The van der Waals surface area contributed by atoms with Crippen molar-refractivity contribution >= 4 is 22.6 Å². The fourth-order valence-corrected chi connectivity index (χ4v) is 1.99. The van der Waals surface area contributed by atoms with Crippen LogP contribution in [0.15, 0.2) is 42.7 Å². The number of rotatable bonds is 3. The number of hydrogen-bond donors (Lipinski definition) is 1. The SMILES string of the molecule is O=C(O)c1cc(-n2cc([N+](=O)[O-])cn2)nc2ccccc12. The van der Waals surface area contributed by atoms with Gasteiger partial charge in [-0.05, 0) is 12.1 Å². The number of benzene rings is 1. The van der Waals surface area contributed by atoms with Gasteiger partial charge < -0.3 is 5.11 Å². The molecule has 2 aromatic heterocycles. The Morgan fingerprint density at radius 1 is 1.33 bits per heavy atom. The molecule has 0 aliphatic rings. The fourth-order valence-electron chi connectivity index (χ4n) is 1.99. The van der Waals surface area contributed by atoms with Crippen molar-refractivity contribution in [1.82, 2.24) is 14.8 Å². The molecule has 1 aromatic carbocycles. The van der Waals surface area contributed by atoms with Gasteiger partial charge in [0.25, 0.3) is 0 Å². The second kappa shape index (κ2) is 4.67. The first-order chi connectivity index (χ1) is 10.1. The van der Waals surface area contributed by atoms with E-state index in [9.17, 15) is 20.0 Å². The molecule has 0 saturated heterocycles. The van der Waals surface area contributed by atoms with Crippen molar-refractivity contribution in [1.29, 1.82) is 0 Å². The number of nitrogens with zero attached hydrogens (tertiary/aromatic N) is 4. The predicted molar refractivity (Wildman–Crippen MR) is 72.5 cm³/mol. The van der Waals surface area contributed by atoms with Crippen LogP contribution in [0.4, 0.5) is 5.69 Å². The van der Waals surface area contributed by atoms with Gasteiger partial charge in [-0.3, -0.25) is 10.1 Å². The first-order valence-electron chi connectivity index (χ1n) is 5.89. The Bertz CT molecular complexity index is 871.